The predicted octanol–water partition coefficient (Wildman–Crippen LogP) is -0.995. The van der Waals surface area contributed by atoms with E-state index in [0.29, 0.717) is 11.1 Å². The van der Waals surface area contributed by atoms with Gasteiger partial charge in [0.15, 0.2) is 0 Å². The third-order valence-electron chi connectivity index (χ3n) is 6.35. The van der Waals surface area contributed by atoms with Crippen molar-refractivity contribution in [3.8, 4) is 0 Å². The van der Waals surface area contributed by atoms with Crippen LogP contribution in [0.5, 0.6) is 0 Å². The third kappa shape index (κ3) is 6.15. The molecule has 0 spiro atoms. The van der Waals surface area contributed by atoms with E-state index in [-0.39, 0.29) is 65.1 Å². The Morgan fingerprint density at radius 3 is 2.39 bits per heavy atom. The number of fused-ring (bicyclic) bond motifs is 2. The average Bonchev–Trinajstić information content (AvgIpc) is 3.05. The summed E-state index contributed by atoms with van der Waals surface area (Å²) >= 11 is 0. The second-order valence-corrected chi connectivity index (χ2v) is 10.9. The molecule has 1 saturated heterocycles. The number of alkyl halides is 3. The van der Waals surface area contributed by atoms with E-state index >= 15 is 0 Å². The van der Waals surface area contributed by atoms with Crippen molar-refractivity contribution in [2.24, 2.45) is 5.92 Å². The molecular weight excluding hydrogens is 544 g/mol. The largest absolute Gasteiger partial charge is 1.00 e. The van der Waals surface area contributed by atoms with Gasteiger partial charge in [-0.1, -0.05) is 18.7 Å². The zero-order valence-corrected chi connectivity index (χ0v) is 23.5. The van der Waals surface area contributed by atoms with Crippen molar-refractivity contribution in [3.05, 3.63) is 59.1 Å². The number of carbonyl (C=O) groups is 3. The van der Waals surface area contributed by atoms with Gasteiger partial charge in [0.25, 0.3) is 11.8 Å². The molecule has 15 heteroatoms. The Balaban J connectivity index is 0.00000400. The number of imide groups is 1. The van der Waals surface area contributed by atoms with Gasteiger partial charge in [0, 0.05) is 35.9 Å². The van der Waals surface area contributed by atoms with Gasteiger partial charge in [0.05, 0.1) is 21.4 Å². The Hall–Kier alpha value is -2.23. The zero-order chi connectivity index (χ0) is 27.5. The second-order valence-electron chi connectivity index (χ2n) is 9.50. The van der Waals surface area contributed by atoms with Crippen LogP contribution >= 0.6 is 0 Å². The maximum atomic E-state index is 13.8. The minimum Gasteiger partial charge on any atom is -0.748 e. The standard InChI is InChI=1S/C23H23F3N2O8S.Na/c1-12-6-16(23(24,25)26)15-7-14-13(11-37(32,33)34)9-22(2,3)27(17(14)8-18(15)35-12)10-21(31)36-28-19(29)4-5-20(28)30;/h6-9,14,17H,1,4-5,10-11H2,2-3H3,(H,32,33,34);/q;+1/p-1. The van der Waals surface area contributed by atoms with Crippen LogP contribution in [-0.4, -0.2) is 70.8 Å². The first-order chi connectivity index (χ1) is 17.0. The molecule has 0 bridgehead atoms. The number of nitrogens with zero attached hydrogens (tertiary/aromatic N) is 2. The van der Waals surface area contributed by atoms with Gasteiger partial charge >= 0.3 is 41.7 Å². The monoisotopic (exact) mass is 566 g/mol. The van der Waals surface area contributed by atoms with Gasteiger partial charge in [-0.2, -0.15) is 13.2 Å². The summed E-state index contributed by atoms with van der Waals surface area (Å²) in [6.07, 6.45) is -0.443. The normalized spacial score (nSPS) is 25.2. The van der Waals surface area contributed by atoms with E-state index in [1.165, 1.54) is 17.1 Å². The van der Waals surface area contributed by atoms with Crippen LogP contribution in [0.15, 0.2) is 59.1 Å². The fourth-order valence-corrected chi connectivity index (χ4v) is 5.55. The van der Waals surface area contributed by atoms with Crippen molar-refractivity contribution in [2.45, 2.75) is 44.4 Å². The van der Waals surface area contributed by atoms with Crippen molar-refractivity contribution in [1.82, 2.24) is 9.96 Å². The predicted molar refractivity (Wildman–Crippen MR) is 118 cm³/mol. The first-order valence-corrected chi connectivity index (χ1v) is 12.6. The van der Waals surface area contributed by atoms with Gasteiger partial charge in [0.1, 0.15) is 18.1 Å². The second kappa shape index (κ2) is 10.4. The molecule has 10 nitrogen and oxygen atoms in total. The Labute approximate surface area is 238 Å². The Kier molecular flexibility index (Phi) is 8.29. The SMILES string of the molecule is C=C1C=C(C(F)(F)F)C2=CC3C(CS(=O)(=O)[O-])=CC(C)(C)N(CC(=O)ON4C(=O)CCC4=O)C3C=C2O1.[Na+]. The maximum absolute atomic E-state index is 13.8. The summed E-state index contributed by atoms with van der Waals surface area (Å²) in [5.74, 6) is -4.88. The molecule has 38 heavy (non-hydrogen) atoms. The number of allylic oxidation sites excluding steroid dienone is 2. The van der Waals surface area contributed by atoms with Crippen LogP contribution in [0.25, 0.3) is 0 Å². The van der Waals surface area contributed by atoms with E-state index in [1.54, 1.807) is 13.8 Å². The van der Waals surface area contributed by atoms with Crippen LogP contribution in [0.4, 0.5) is 13.2 Å². The minimum atomic E-state index is -4.82. The summed E-state index contributed by atoms with van der Waals surface area (Å²) < 4.78 is 81.7. The van der Waals surface area contributed by atoms with Gasteiger partial charge in [-0.05, 0) is 31.6 Å². The molecule has 0 aromatic heterocycles. The Morgan fingerprint density at radius 2 is 1.84 bits per heavy atom. The molecule has 1 aliphatic carbocycles. The summed E-state index contributed by atoms with van der Waals surface area (Å²) in [5.41, 5.74) is -2.48. The van der Waals surface area contributed by atoms with E-state index in [4.69, 9.17) is 9.57 Å². The van der Waals surface area contributed by atoms with E-state index in [2.05, 4.69) is 6.58 Å². The van der Waals surface area contributed by atoms with Crippen LogP contribution in [-0.2, 0) is 34.1 Å². The number of hydroxylamine groups is 2. The zero-order valence-electron chi connectivity index (χ0n) is 20.7. The van der Waals surface area contributed by atoms with Gasteiger partial charge in [-0.25, -0.2) is 13.2 Å². The Morgan fingerprint density at radius 1 is 1.24 bits per heavy atom. The van der Waals surface area contributed by atoms with Gasteiger partial charge in [0.2, 0.25) is 0 Å². The van der Waals surface area contributed by atoms with Crippen molar-refractivity contribution in [2.75, 3.05) is 12.3 Å². The summed E-state index contributed by atoms with van der Waals surface area (Å²) in [4.78, 5) is 42.8. The number of halogens is 3. The molecule has 3 aliphatic heterocycles. The molecule has 3 heterocycles. The number of carbonyl (C=O) groups excluding carboxylic acids is 3. The van der Waals surface area contributed by atoms with Crippen LogP contribution in [0, 0.1) is 5.92 Å². The fraction of sp³-hybridized carbons (Fsp3) is 0.435. The number of hydrogen-bond acceptors (Lipinski definition) is 9. The molecule has 200 valence electrons. The number of rotatable bonds is 5. The van der Waals surface area contributed by atoms with Crippen molar-refractivity contribution < 1.29 is 79.7 Å². The molecular formula is C23H22F3N2NaO8S. The van der Waals surface area contributed by atoms with Crippen LogP contribution in [0.3, 0.4) is 0 Å². The van der Waals surface area contributed by atoms with Crippen molar-refractivity contribution >= 4 is 27.9 Å². The van der Waals surface area contributed by atoms with Crippen molar-refractivity contribution in [1.29, 1.82) is 0 Å². The fourth-order valence-electron chi connectivity index (χ4n) is 4.87. The maximum Gasteiger partial charge on any atom is 1.00 e. The topological polar surface area (TPSA) is 133 Å². The summed E-state index contributed by atoms with van der Waals surface area (Å²) in [5, 5.41) is 0.369. The molecule has 0 aromatic carbocycles. The van der Waals surface area contributed by atoms with E-state index < -0.39 is 69.4 Å². The molecule has 0 N–H and O–H groups in total. The van der Waals surface area contributed by atoms with Gasteiger partial charge < -0.3 is 14.1 Å². The summed E-state index contributed by atoms with van der Waals surface area (Å²) in [7, 11) is -4.82. The molecule has 2 atom stereocenters. The quantitative estimate of drug-likeness (QED) is 0.178. The third-order valence-corrected chi connectivity index (χ3v) is 7.04. The van der Waals surface area contributed by atoms with Crippen LogP contribution in [0.2, 0.25) is 0 Å². The van der Waals surface area contributed by atoms with Crippen LogP contribution in [0.1, 0.15) is 26.7 Å². The van der Waals surface area contributed by atoms with E-state index in [1.807, 2.05) is 0 Å². The summed E-state index contributed by atoms with van der Waals surface area (Å²) in [6, 6.07) is -0.951. The van der Waals surface area contributed by atoms with E-state index in [0.717, 1.165) is 6.08 Å². The molecule has 1 fully saturated rings. The van der Waals surface area contributed by atoms with E-state index in [9.17, 15) is 40.5 Å². The molecule has 4 aliphatic rings. The first kappa shape index (κ1) is 30.3. The molecule has 2 amide bonds. The number of hydrogen-bond donors (Lipinski definition) is 0. The van der Waals surface area contributed by atoms with Gasteiger partial charge in [-0.15, -0.1) is 5.06 Å². The van der Waals surface area contributed by atoms with Crippen molar-refractivity contribution in [3.63, 3.8) is 0 Å². The minimum absolute atomic E-state index is 0. The number of ether oxygens (including phenoxy) is 1. The Bertz CT molecular complexity index is 1310. The molecule has 2 unspecified atom stereocenters. The molecule has 0 saturated carbocycles. The first-order valence-electron chi connectivity index (χ1n) is 11.0. The van der Waals surface area contributed by atoms with Gasteiger partial charge in [-0.3, -0.25) is 14.5 Å². The smallest absolute Gasteiger partial charge is 0.748 e. The molecule has 4 rings (SSSR count). The molecule has 0 radical (unpaired) electrons. The summed E-state index contributed by atoms with van der Waals surface area (Å²) in [6.45, 7) is 6.11. The average molecular weight is 566 g/mol. The number of amides is 2. The molecule has 0 aromatic rings. The van der Waals surface area contributed by atoms with Crippen LogP contribution < -0.4 is 29.6 Å².